The zero-order valence-electron chi connectivity index (χ0n) is 13.0. The lowest BCUT2D eigenvalue weighted by Gasteiger charge is -2.30. The van der Waals surface area contributed by atoms with Crippen LogP contribution >= 0.6 is 11.8 Å². The minimum Gasteiger partial charge on any atom is -0.374 e. The van der Waals surface area contributed by atoms with Gasteiger partial charge in [0.1, 0.15) is 0 Å². The van der Waals surface area contributed by atoms with Gasteiger partial charge in [0.25, 0.3) is 0 Å². The van der Waals surface area contributed by atoms with E-state index < -0.39 is 8.80 Å². The number of thioether (sulfide) groups is 1. The Morgan fingerprint density at radius 1 is 0.950 bits per heavy atom. The Balaban J connectivity index is 1.55. The SMILES string of the molecule is CCO[Si](CCC1CC2CC1C1SC21)(OCC)OCC. The Morgan fingerprint density at radius 3 is 2.10 bits per heavy atom. The van der Waals surface area contributed by atoms with E-state index in [-0.39, 0.29) is 0 Å². The molecule has 1 heterocycles. The summed E-state index contributed by atoms with van der Waals surface area (Å²) in [7, 11) is -2.41. The molecule has 0 radical (unpaired) electrons. The van der Waals surface area contributed by atoms with Gasteiger partial charge in [0.05, 0.1) is 0 Å². The molecule has 0 aromatic heterocycles. The molecule has 0 N–H and O–H groups in total. The molecular formula is C15H28O3SSi. The van der Waals surface area contributed by atoms with Crippen LogP contribution in [0.4, 0.5) is 0 Å². The van der Waals surface area contributed by atoms with E-state index in [1.54, 1.807) is 0 Å². The predicted molar refractivity (Wildman–Crippen MR) is 84.9 cm³/mol. The van der Waals surface area contributed by atoms with Gasteiger partial charge in [-0.2, -0.15) is 11.8 Å². The highest BCUT2D eigenvalue weighted by atomic mass is 32.2. The molecule has 0 aromatic carbocycles. The van der Waals surface area contributed by atoms with Crippen LogP contribution in [0.1, 0.15) is 40.0 Å². The summed E-state index contributed by atoms with van der Waals surface area (Å²) in [5.41, 5.74) is 0. The van der Waals surface area contributed by atoms with Crippen molar-refractivity contribution in [1.82, 2.24) is 0 Å². The third-order valence-electron chi connectivity index (χ3n) is 5.15. The van der Waals surface area contributed by atoms with Crippen LogP contribution in [0.25, 0.3) is 0 Å². The Kier molecular flexibility index (Phi) is 4.82. The van der Waals surface area contributed by atoms with Crippen molar-refractivity contribution in [2.45, 2.75) is 56.6 Å². The van der Waals surface area contributed by atoms with Crippen LogP contribution in [0, 0.1) is 17.8 Å². The second kappa shape index (κ2) is 6.29. The molecule has 2 aliphatic carbocycles. The number of hydrogen-bond donors (Lipinski definition) is 0. The van der Waals surface area contributed by atoms with E-state index in [2.05, 4.69) is 11.8 Å². The molecular weight excluding hydrogens is 288 g/mol. The molecule has 2 bridgehead atoms. The molecule has 3 rings (SSSR count). The molecule has 2 saturated carbocycles. The average Bonchev–Trinajstić information content (AvgIpc) is 3.04. The molecule has 3 fully saturated rings. The van der Waals surface area contributed by atoms with Crippen molar-refractivity contribution in [3.63, 3.8) is 0 Å². The second-order valence-corrected chi connectivity index (χ2v) is 10.3. The van der Waals surface area contributed by atoms with Crippen molar-refractivity contribution in [3.05, 3.63) is 0 Å². The van der Waals surface area contributed by atoms with Gasteiger partial charge in [-0.05, 0) is 57.8 Å². The van der Waals surface area contributed by atoms with Gasteiger partial charge in [-0.1, -0.05) is 0 Å². The average molecular weight is 317 g/mol. The molecule has 5 unspecified atom stereocenters. The lowest BCUT2D eigenvalue weighted by Crippen LogP contribution is -2.46. The Hall–Kier alpha value is 0.447. The van der Waals surface area contributed by atoms with Gasteiger partial charge in [-0.3, -0.25) is 0 Å². The van der Waals surface area contributed by atoms with E-state index in [9.17, 15) is 0 Å². The molecule has 0 aromatic rings. The second-order valence-electron chi connectivity index (χ2n) is 6.24. The van der Waals surface area contributed by atoms with Gasteiger partial charge in [-0.15, -0.1) is 0 Å². The zero-order chi connectivity index (χ0) is 14.2. The van der Waals surface area contributed by atoms with Crippen LogP contribution < -0.4 is 0 Å². The Labute approximate surface area is 128 Å². The summed E-state index contributed by atoms with van der Waals surface area (Å²) in [6.45, 7) is 8.23. The third kappa shape index (κ3) is 2.84. The first kappa shape index (κ1) is 15.3. The molecule has 1 aliphatic heterocycles. The van der Waals surface area contributed by atoms with Gasteiger partial charge in [0.2, 0.25) is 0 Å². The van der Waals surface area contributed by atoms with Crippen molar-refractivity contribution >= 4 is 20.6 Å². The van der Waals surface area contributed by atoms with Gasteiger partial charge >= 0.3 is 8.80 Å². The highest BCUT2D eigenvalue weighted by Gasteiger charge is 2.62. The Morgan fingerprint density at radius 2 is 1.60 bits per heavy atom. The molecule has 3 aliphatic rings. The molecule has 0 spiro atoms. The monoisotopic (exact) mass is 316 g/mol. The first-order valence-electron chi connectivity index (χ1n) is 8.30. The van der Waals surface area contributed by atoms with Crippen molar-refractivity contribution in [2.75, 3.05) is 19.8 Å². The molecule has 1 saturated heterocycles. The third-order valence-corrected chi connectivity index (χ3v) is 9.87. The Bertz CT molecular complexity index is 324. The fourth-order valence-corrected chi connectivity index (χ4v) is 8.83. The molecule has 5 atom stereocenters. The summed E-state index contributed by atoms with van der Waals surface area (Å²) in [5, 5.41) is 2.06. The fraction of sp³-hybridized carbons (Fsp3) is 1.00. The summed E-state index contributed by atoms with van der Waals surface area (Å²) in [4.78, 5) is 0. The minimum atomic E-state index is -2.41. The first-order valence-corrected chi connectivity index (χ1v) is 11.2. The van der Waals surface area contributed by atoms with Crippen LogP contribution in [0.15, 0.2) is 0 Å². The van der Waals surface area contributed by atoms with E-state index in [0.29, 0.717) is 19.8 Å². The summed E-state index contributed by atoms with van der Waals surface area (Å²) in [5.74, 6) is 2.93. The van der Waals surface area contributed by atoms with Crippen molar-refractivity contribution < 1.29 is 13.3 Å². The van der Waals surface area contributed by atoms with E-state index in [0.717, 1.165) is 34.3 Å². The summed E-state index contributed by atoms with van der Waals surface area (Å²) >= 11 is 2.24. The standard InChI is InChI=1S/C15H28O3SSi/c1-4-16-20(17-5-2,18-6-3)8-7-11-9-12-10-13(11)15-14(12)19-15/h11-15H,4-10H2,1-3H3. The highest BCUT2D eigenvalue weighted by Crippen LogP contribution is 2.68. The van der Waals surface area contributed by atoms with E-state index in [1.807, 2.05) is 20.8 Å². The molecule has 20 heavy (non-hydrogen) atoms. The van der Waals surface area contributed by atoms with E-state index >= 15 is 0 Å². The number of hydrogen-bond acceptors (Lipinski definition) is 4. The van der Waals surface area contributed by atoms with Crippen molar-refractivity contribution in [2.24, 2.45) is 17.8 Å². The van der Waals surface area contributed by atoms with Crippen LogP contribution in [0.3, 0.4) is 0 Å². The van der Waals surface area contributed by atoms with Gasteiger partial charge in [0, 0.05) is 36.4 Å². The molecule has 3 nitrogen and oxygen atoms in total. The number of rotatable bonds is 9. The topological polar surface area (TPSA) is 27.7 Å². The maximum Gasteiger partial charge on any atom is 0.500 e. The maximum absolute atomic E-state index is 5.98. The molecule has 116 valence electrons. The summed E-state index contributed by atoms with van der Waals surface area (Å²) < 4.78 is 17.9. The van der Waals surface area contributed by atoms with Crippen molar-refractivity contribution in [1.29, 1.82) is 0 Å². The quantitative estimate of drug-likeness (QED) is 0.480. The minimum absolute atomic E-state index is 0.698. The summed E-state index contributed by atoms with van der Waals surface area (Å²) in [6.07, 6.45) is 4.20. The fourth-order valence-electron chi connectivity index (χ4n) is 4.43. The van der Waals surface area contributed by atoms with Crippen LogP contribution in [0.2, 0.25) is 6.04 Å². The maximum atomic E-state index is 5.98. The first-order chi connectivity index (χ1) is 9.73. The normalized spacial score (nSPS) is 38.2. The molecule has 0 amide bonds. The lowest BCUT2D eigenvalue weighted by atomic mass is 9.87. The van der Waals surface area contributed by atoms with Crippen LogP contribution in [-0.4, -0.2) is 39.1 Å². The lowest BCUT2D eigenvalue weighted by molar-refractivity contribution is 0.0688. The van der Waals surface area contributed by atoms with E-state index in [1.165, 1.54) is 19.3 Å². The molecule has 5 heteroatoms. The largest absolute Gasteiger partial charge is 0.500 e. The van der Waals surface area contributed by atoms with Gasteiger partial charge in [-0.25, -0.2) is 0 Å². The van der Waals surface area contributed by atoms with Crippen LogP contribution in [0.5, 0.6) is 0 Å². The smallest absolute Gasteiger partial charge is 0.374 e. The van der Waals surface area contributed by atoms with E-state index in [4.69, 9.17) is 13.3 Å². The number of fused-ring (bicyclic) bond motifs is 5. The highest BCUT2D eigenvalue weighted by molar-refractivity contribution is 8.07. The van der Waals surface area contributed by atoms with Crippen LogP contribution in [-0.2, 0) is 13.3 Å². The van der Waals surface area contributed by atoms with Gasteiger partial charge in [0.15, 0.2) is 0 Å². The van der Waals surface area contributed by atoms with Gasteiger partial charge < -0.3 is 13.3 Å². The predicted octanol–water partition coefficient (Wildman–Crippen LogP) is 3.56. The van der Waals surface area contributed by atoms with Crippen molar-refractivity contribution in [3.8, 4) is 0 Å². The summed E-state index contributed by atoms with van der Waals surface area (Å²) in [6, 6.07) is 1.01. The zero-order valence-corrected chi connectivity index (χ0v) is 14.8.